The van der Waals surface area contributed by atoms with Gasteiger partial charge < -0.3 is 28.4 Å². The second kappa shape index (κ2) is 11.7. The Kier molecular flexibility index (Phi) is 7.88. The normalized spacial score (nSPS) is 11.9. The van der Waals surface area contributed by atoms with E-state index < -0.39 is 0 Å². The maximum atomic E-state index is 6.12. The highest BCUT2D eigenvalue weighted by atomic mass is 16.5. The Bertz CT molecular complexity index is 1640. The van der Waals surface area contributed by atoms with Gasteiger partial charge >= 0.3 is 0 Å². The second-order valence-corrected chi connectivity index (χ2v) is 9.38. The van der Waals surface area contributed by atoms with Gasteiger partial charge in [0, 0.05) is 11.6 Å². The van der Waals surface area contributed by atoms with Crippen LogP contribution >= 0.6 is 0 Å². The van der Waals surface area contributed by atoms with E-state index in [1.807, 2.05) is 67.7 Å². The Balaban J connectivity index is 2.04. The van der Waals surface area contributed by atoms with Crippen LogP contribution in [-0.2, 0) is 0 Å². The van der Waals surface area contributed by atoms with Gasteiger partial charge in [0.1, 0.15) is 41.5 Å². The average molecular weight is 553 g/mol. The number of para-hydroxylation sites is 1. The van der Waals surface area contributed by atoms with Crippen molar-refractivity contribution in [3.8, 4) is 34.5 Å². The minimum absolute atomic E-state index is 0.600. The Hall–Kier alpha value is -4.91. The summed E-state index contributed by atoms with van der Waals surface area (Å²) in [6, 6.07) is 23.7. The van der Waals surface area contributed by atoms with Crippen molar-refractivity contribution in [3.63, 3.8) is 0 Å². The summed E-state index contributed by atoms with van der Waals surface area (Å²) < 4.78 is 37.9. The molecule has 0 saturated heterocycles. The topological polar surface area (TPSA) is 58.4 Å². The molecule has 41 heavy (non-hydrogen) atoms. The van der Waals surface area contributed by atoms with Gasteiger partial charge in [-0.1, -0.05) is 24.3 Å². The van der Waals surface area contributed by atoms with Crippen LogP contribution in [0.5, 0.6) is 34.5 Å². The number of nitrogens with zero attached hydrogens (tertiary/aromatic N) is 1. The molecule has 0 bridgehead atoms. The molecule has 0 saturated carbocycles. The maximum absolute atomic E-state index is 6.12. The molecular formula is C34H34NO6+. The van der Waals surface area contributed by atoms with Gasteiger partial charge in [-0.3, -0.25) is 0 Å². The predicted octanol–water partition coefficient (Wildman–Crippen LogP) is 4.54. The molecule has 7 nitrogen and oxygen atoms in total. The first-order valence-electron chi connectivity index (χ1n) is 13.1. The van der Waals surface area contributed by atoms with Crippen LogP contribution in [-0.4, -0.2) is 60.5 Å². The molecule has 0 atom stereocenters. The molecule has 1 heterocycles. The number of hydrogen-bond donors (Lipinski definition) is 0. The largest absolute Gasteiger partial charge is 0.496 e. The minimum Gasteiger partial charge on any atom is -0.496 e. The summed E-state index contributed by atoms with van der Waals surface area (Å²) in [7, 11) is 11.9. The Morgan fingerprint density at radius 2 is 0.976 bits per heavy atom. The molecule has 7 heteroatoms. The number of benzene rings is 4. The number of hydrogen-bond acceptors (Lipinski definition) is 6. The molecule has 0 radical (unpaired) electrons. The molecule has 0 fully saturated rings. The summed E-state index contributed by atoms with van der Waals surface area (Å²) in [5, 5.41) is 1.65. The van der Waals surface area contributed by atoms with Gasteiger partial charge in [0.15, 0.2) is 6.21 Å². The fourth-order valence-corrected chi connectivity index (χ4v) is 5.46. The molecule has 5 rings (SSSR count). The first-order chi connectivity index (χ1) is 20.0. The third-order valence-corrected chi connectivity index (χ3v) is 7.32. The van der Waals surface area contributed by atoms with Crippen molar-refractivity contribution in [2.45, 2.75) is 0 Å². The number of fused-ring (bicyclic) bond motifs is 1. The molecule has 4 aromatic rings. The molecule has 1 aliphatic rings. The Labute approximate surface area is 240 Å². The quantitative estimate of drug-likeness (QED) is 0.299. The van der Waals surface area contributed by atoms with Gasteiger partial charge in [-0.2, -0.15) is 0 Å². The number of ether oxygens (including phenoxy) is 6. The van der Waals surface area contributed by atoms with Crippen molar-refractivity contribution in [1.29, 1.82) is 0 Å². The molecular weight excluding hydrogens is 518 g/mol. The summed E-state index contributed by atoms with van der Waals surface area (Å²) in [5.74, 6) is 3.62. The number of rotatable bonds is 8. The highest BCUT2D eigenvalue weighted by molar-refractivity contribution is 6.11. The molecule has 210 valence electrons. The lowest BCUT2D eigenvalue weighted by molar-refractivity contribution is -0.395. The first kappa shape index (κ1) is 27.6. The predicted molar refractivity (Wildman–Crippen MR) is 160 cm³/mol. The van der Waals surface area contributed by atoms with E-state index in [4.69, 9.17) is 28.4 Å². The monoisotopic (exact) mass is 552 g/mol. The van der Waals surface area contributed by atoms with Crippen molar-refractivity contribution in [2.24, 2.45) is 0 Å². The van der Waals surface area contributed by atoms with Crippen molar-refractivity contribution < 1.29 is 33.0 Å². The second-order valence-electron chi connectivity index (χ2n) is 9.38. The zero-order valence-electron chi connectivity index (χ0n) is 24.4. The lowest BCUT2D eigenvalue weighted by Gasteiger charge is -2.22. The van der Waals surface area contributed by atoms with Crippen LogP contribution in [0.15, 0.2) is 72.8 Å². The highest BCUT2D eigenvalue weighted by Crippen LogP contribution is 2.44. The first-order valence-corrected chi connectivity index (χ1v) is 13.1. The summed E-state index contributed by atoms with van der Waals surface area (Å²) in [6.45, 7) is 0. The molecule has 1 aliphatic heterocycles. The van der Waals surface area contributed by atoms with E-state index in [-0.39, 0.29) is 0 Å². The van der Waals surface area contributed by atoms with Crippen LogP contribution < -0.4 is 38.9 Å². The van der Waals surface area contributed by atoms with E-state index in [0.29, 0.717) is 56.4 Å². The van der Waals surface area contributed by atoms with Gasteiger partial charge in [-0.25, -0.2) is 4.58 Å². The van der Waals surface area contributed by atoms with Crippen LogP contribution in [0.3, 0.4) is 0 Å². The standard InChI is InChI=1S/C34H34NO6/c1-35-20-23(22-12-8-9-13-24(22)35)21-18-29(40-6)33(30(19-21)41-7)34(31-25(36-2)14-10-15-26(31)37-3)32-27(38-4)16-11-17-28(32)39-5/h8-20H,1-7H3/q+1. The summed E-state index contributed by atoms with van der Waals surface area (Å²) in [6.07, 6.45) is 2.12. The summed E-state index contributed by atoms with van der Waals surface area (Å²) in [4.78, 5) is 0. The van der Waals surface area contributed by atoms with E-state index in [0.717, 1.165) is 22.0 Å². The lowest BCUT2D eigenvalue weighted by Crippen LogP contribution is -2.22. The molecule has 0 aliphatic carbocycles. The van der Waals surface area contributed by atoms with Gasteiger partial charge in [0.05, 0.1) is 70.1 Å². The van der Waals surface area contributed by atoms with Crippen LogP contribution in [0, 0.1) is 0 Å². The molecule has 0 unspecified atom stereocenters. The molecule has 0 spiro atoms. The summed E-state index contributed by atoms with van der Waals surface area (Å²) in [5.41, 5.74) is 5.46. The van der Waals surface area contributed by atoms with Gasteiger partial charge in [0.25, 0.3) is 0 Å². The van der Waals surface area contributed by atoms with Gasteiger partial charge in [-0.15, -0.1) is 0 Å². The number of methoxy groups -OCH3 is 6. The lowest BCUT2D eigenvalue weighted by atomic mass is 9.91. The highest BCUT2D eigenvalue weighted by Gasteiger charge is 2.28. The van der Waals surface area contributed by atoms with Crippen LogP contribution in [0.25, 0.3) is 11.1 Å². The smallest absolute Gasteiger partial charge is 0.213 e. The molecule has 0 N–H and O–H groups in total. The SMILES string of the molecule is COc1cccc(OC)c1C(c1c(OC)cccc1OC)=c1c(OC)cc(=C2C=[N+](C)c3ccccc32)cc1OC. The van der Waals surface area contributed by atoms with Crippen LogP contribution in [0.4, 0.5) is 5.69 Å². The zero-order chi connectivity index (χ0) is 29.1. The van der Waals surface area contributed by atoms with E-state index in [1.165, 1.54) is 0 Å². The summed E-state index contributed by atoms with van der Waals surface area (Å²) >= 11 is 0. The van der Waals surface area contributed by atoms with E-state index in [1.54, 1.807) is 42.7 Å². The fourth-order valence-electron chi connectivity index (χ4n) is 5.46. The van der Waals surface area contributed by atoms with E-state index >= 15 is 0 Å². The Morgan fingerprint density at radius 1 is 0.537 bits per heavy atom. The van der Waals surface area contributed by atoms with Crippen molar-refractivity contribution in [1.82, 2.24) is 0 Å². The minimum atomic E-state index is 0.600. The van der Waals surface area contributed by atoms with Crippen molar-refractivity contribution in [3.05, 3.63) is 99.9 Å². The Morgan fingerprint density at radius 3 is 1.41 bits per heavy atom. The third kappa shape index (κ3) is 4.73. The van der Waals surface area contributed by atoms with Crippen molar-refractivity contribution >= 4 is 23.0 Å². The maximum Gasteiger partial charge on any atom is 0.213 e. The third-order valence-electron chi connectivity index (χ3n) is 7.32. The van der Waals surface area contributed by atoms with E-state index in [9.17, 15) is 0 Å². The van der Waals surface area contributed by atoms with Gasteiger partial charge in [-0.05, 0) is 47.7 Å². The molecule has 4 aromatic carbocycles. The van der Waals surface area contributed by atoms with Crippen LogP contribution in [0.2, 0.25) is 0 Å². The van der Waals surface area contributed by atoms with Crippen LogP contribution in [0.1, 0.15) is 16.7 Å². The fraction of sp³-hybridized carbons (Fsp3) is 0.206. The van der Waals surface area contributed by atoms with E-state index in [2.05, 4.69) is 22.9 Å². The zero-order valence-corrected chi connectivity index (χ0v) is 24.4. The molecule has 0 aromatic heterocycles. The molecule has 0 amide bonds. The van der Waals surface area contributed by atoms with Gasteiger partial charge in [0.2, 0.25) is 5.69 Å². The average Bonchev–Trinajstić information content (AvgIpc) is 3.37. The van der Waals surface area contributed by atoms with Crippen molar-refractivity contribution in [2.75, 3.05) is 49.7 Å².